The van der Waals surface area contributed by atoms with Gasteiger partial charge in [-0.3, -0.25) is 0 Å². The average Bonchev–Trinajstić information content (AvgIpc) is 2.72. The lowest BCUT2D eigenvalue weighted by Crippen LogP contribution is -2.51. The molecule has 2 aliphatic heterocycles. The molecular formula is C11H22N2S. The molecule has 2 fully saturated rings. The second-order valence-corrected chi connectivity index (χ2v) is 5.72. The van der Waals surface area contributed by atoms with Gasteiger partial charge in [0.25, 0.3) is 0 Å². The Balaban J connectivity index is 1.72. The molecule has 0 radical (unpaired) electrons. The van der Waals surface area contributed by atoms with Gasteiger partial charge in [-0.05, 0) is 38.5 Å². The van der Waals surface area contributed by atoms with Gasteiger partial charge in [-0.15, -0.1) is 0 Å². The van der Waals surface area contributed by atoms with E-state index in [9.17, 15) is 0 Å². The number of piperidine rings is 1. The summed E-state index contributed by atoms with van der Waals surface area (Å²) in [5.74, 6) is 2.67. The number of hydrogen-bond donors (Lipinski definition) is 2. The van der Waals surface area contributed by atoms with E-state index in [1.807, 2.05) is 0 Å². The molecular weight excluding hydrogens is 192 g/mol. The van der Waals surface area contributed by atoms with Gasteiger partial charge in [0, 0.05) is 23.9 Å². The van der Waals surface area contributed by atoms with Gasteiger partial charge >= 0.3 is 0 Å². The van der Waals surface area contributed by atoms with Gasteiger partial charge in [-0.25, -0.2) is 0 Å². The summed E-state index contributed by atoms with van der Waals surface area (Å²) in [6, 6.07) is 2.15. The van der Waals surface area contributed by atoms with E-state index >= 15 is 0 Å². The molecule has 3 unspecified atom stereocenters. The molecule has 2 heterocycles. The SMILES string of the molecule is CC(NC1CCSC1)C1CCCCN1. The third-order valence-electron chi connectivity index (χ3n) is 3.38. The summed E-state index contributed by atoms with van der Waals surface area (Å²) in [6.45, 7) is 3.56. The Morgan fingerprint density at radius 2 is 2.29 bits per heavy atom. The van der Waals surface area contributed by atoms with E-state index in [1.54, 1.807) is 0 Å². The first-order chi connectivity index (χ1) is 6.86. The van der Waals surface area contributed by atoms with Gasteiger partial charge in [-0.1, -0.05) is 6.42 Å². The van der Waals surface area contributed by atoms with Crippen molar-refractivity contribution < 1.29 is 0 Å². The molecule has 0 saturated carbocycles. The normalized spacial score (nSPS) is 35.8. The second kappa shape index (κ2) is 5.38. The summed E-state index contributed by atoms with van der Waals surface area (Å²) in [5, 5.41) is 7.39. The molecule has 2 N–H and O–H groups in total. The molecule has 0 aromatic carbocycles. The number of hydrogen-bond acceptors (Lipinski definition) is 3. The summed E-state index contributed by atoms with van der Waals surface area (Å²) < 4.78 is 0. The van der Waals surface area contributed by atoms with Gasteiger partial charge in [0.05, 0.1) is 0 Å². The fourth-order valence-electron chi connectivity index (χ4n) is 2.46. The first-order valence-corrected chi connectivity index (χ1v) is 7.09. The fourth-order valence-corrected chi connectivity index (χ4v) is 3.62. The number of rotatable bonds is 3. The van der Waals surface area contributed by atoms with E-state index in [2.05, 4.69) is 29.3 Å². The Morgan fingerprint density at radius 3 is 2.93 bits per heavy atom. The standard InChI is InChI=1S/C11H22N2S/c1-9(11-4-2-3-6-12-11)13-10-5-7-14-8-10/h9-13H,2-8H2,1H3. The van der Waals surface area contributed by atoms with Gasteiger partial charge in [0.15, 0.2) is 0 Å². The van der Waals surface area contributed by atoms with Crippen molar-refractivity contribution in [3.8, 4) is 0 Å². The van der Waals surface area contributed by atoms with Crippen molar-refractivity contribution in [2.45, 2.75) is 50.7 Å². The van der Waals surface area contributed by atoms with Gasteiger partial charge < -0.3 is 10.6 Å². The molecule has 0 amide bonds. The predicted molar refractivity (Wildman–Crippen MR) is 64.0 cm³/mol. The molecule has 2 saturated heterocycles. The molecule has 0 aromatic heterocycles. The maximum absolute atomic E-state index is 3.77. The van der Waals surface area contributed by atoms with Crippen LogP contribution >= 0.6 is 11.8 Å². The minimum absolute atomic E-state index is 0.652. The highest BCUT2D eigenvalue weighted by molar-refractivity contribution is 7.99. The van der Waals surface area contributed by atoms with E-state index in [-0.39, 0.29) is 0 Å². The minimum atomic E-state index is 0.652. The van der Waals surface area contributed by atoms with Crippen molar-refractivity contribution in [2.24, 2.45) is 0 Å². The Labute approximate surface area is 91.6 Å². The molecule has 2 nitrogen and oxygen atoms in total. The van der Waals surface area contributed by atoms with Crippen LogP contribution in [0, 0.1) is 0 Å². The van der Waals surface area contributed by atoms with Gasteiger partial charge in [0.2, 0.25) is 0 Å². The molecule has 82 valence electrons. The molecule has 0 spiro atoms. The lowest BCUT2D eigenvalue weighted by Gasteiger charge is -2.31. The number of nitrogens with one attached hydrogen (secondary N) is 2. The summed E-state index contributed by atoms with van der Waals surface area (Å²) in [4.78, 5) is 0. The Bertz CT molecular complexity index is 163. The van der Waals surface area contributed by atoms with E-state index in [1.165, 1.54) is 43.7 Å². The highest BCUT2D eigenvalue weighted by Crippen LogP contribution is 2.19. The zero-order chi connectivity index (χ0) is 9.80. The van der Waals surface area contributed by atoms with Gasteiger partial charge in [0.1, 0.15) is 0 Å². The molecule has 0 bridgehead atoms. The minimum Gasteiger partial charge on any atom is -0.312 e. The maximum Gasteiger partial charge on any atom is 0.0218 e. The van der Waals surface area contributed by atoms with E-state index < -0.39 is 0 Å². The Morgan fingerprint density at radius 1 is 1.36 bits per heavy atom. The quantitative estimate of drug-likeness (QED) is 0.746. The van der Waals surface area contributed by atoms with Crippen molar-refractivity contribution in [1.82, 2.24) is 10.6 Å². The molecule has 3 atom stereocenters. The average molecular weight is 214 g/mol. The third-order valence-corrected chi connectivity index (χ3v) is 4.54. The third kappa shape index (κ3) is 2.88. The largest absolute Gasteiger partial charge is 0.312 e. The highest BCUT2D eigenvalue weighted by atomic mass is 32.2. The molecule has 2 aliphatic rings. The van der Waals surface area contributed by atoms with Crippen molar-refractivity contribution in [3.63, 3.8) is 0 Å². The topological polar surface area (TPSA) is 24.1 Å². The van der Waals surface area contributed by atoms with Crippen molar-refractivity contribution in [1.29, 1.82) is 0 Å². The summed E-state index contributed by atoms with van der Waals surface area (Å²) >= 11 is 2.09. The Kier molecular flexibility index (Phi) is 4.14. The molecule has 3 heteroatoms. The van der Waals surface area contributed by atoms with Crippen molar-refractivity contribution in [3.05, 3.63) is 0 Å². The van der Waals surface area contributed by atoms with Crippen LogP contribution in [-0.2, 0) is 0 Å². The van der Waals surface area contributed by atoms with E-state index in [0.717, 1.165) is 6.04 Å². The number of thioether (sulfide) groups is 1. The lowest BCUT2D eigenvalue weighted by molar-refractivity contribution is 0.309. The van der Waals surface area contributed by atoms with Gasteiger partial charge in [-0.2, -0.15) is 11.8 Å². The van der Waals surface area contributed by atoms with Crippen LogP contribution in [0.1, 0.15) is 32.6 Å². The Hall–Kier alpha value is 0.270. The fraction of sp³-hybridized carbons (Fsp3) is 1.00. The molecule has 0 aliphatic carbocycles. The van der Waals surface area contributed by atoms with Crippen LogP contribution in [0.25, 0.3) is 0 Å². The summed E-state index contributed by atoms with van der Waals surface area (Å²) in [7, 11) is 0. The second-order valence-electron chi connectivity index (χ2n) is 4.57. The predicted octanol–water partition coefficient (Wildman–Crippen LogP) is 1.61. The van der Waals surface area contributed by atoms with Crippen LogP contribution in [0.15, 0.2) is 0 Å². The first-order valence-electron chi connectivity index (χ1n) is 5.93. The monoisotopic (exact) mass is 214 g/mol. The molecule has 2 rings (SSSR count). The highest BCUT2D eigenvalue weighted by Gasteiger charge is 2.23. The zero-order valence-corrected chi connectivity index (χ0v) is 9.91. The van der Waals surface area contributed by atoms with Crippen molar-refractivity contribution >= 4 is 11.8 Å². The van der Waals surface area contributed by atoms with Crippen LogP contribution in [0.4, 0.5) is 0 Å². The van der Waals surface area contributed by atoms with Crippen LogP contribution in [-0.4, -0.2) is 36.2 Å². The summed E-state index contributed by atoms with van der Waals surface area (Å²) in [6.07, 6.45) is 5.49. The van der Waals surface area contributed by atoms with Crippen LogP contribution in [0.2, 0.25) is 0 Å². The zero-order valence-electron chi connectivity index (χ0n) is 9.09. The molecule has 0 aromatic rings. The maximum atomic E-state index is 3.77. The van der Waals surface area contributed by atoms with Crippen molar-refractivity contribution in [2.75, 3.05) is 18.1 Å². The first kappa shape index (κ1) is 10.8. The smallest absolute Gasteiger partial charge is 0.0218 e. The van der Waals surface area contributed by atoms with E-state index in [4.69, 9.17) is 0 Å². The summed E-state index contributed by atoms with van der Waals surface area (Å²) in [5.41, 5.74) is 0. The molecule has 14 heavy (non-hydrogen) atoms. The van der Waals surface area contributed by atoms with E-state index in [0.29, 0.717) is 12.1 Å². The van der Waals surface area contributed by atoms with Crippen LogP contribution < -0.4 is 10.6 Å². The van der Waals surface area contributed by atoms with Crippen LogP contribution in [0.3, 0.4) is 0 Å². The lowest BCUT2D eigenvalue weighted by atomic mass is 9.98. The van der Waals surface area contributed by atoms with Crippen LogP contribution in [0.5, 0.6) is 0 Å².